The van der Waals surface area contributed by atoms with E-state index in [1.165, 1.54) is 0 Å². The van der Waals surface area contributed by atoms with Crippen molar-refractivity contribution in [2.24, 2.45) is 0 Å². The van der Waals surface area contributed by atoms with Crippen molar-refractivity contribution in [1.29, 1.82) is 0 Å². The lowest BCUT2D eigenvalue weighted by Gasteiger charge is -2.35. The summed E-state index contributed by atoms with van der Waals surface area (Å²) in [5, 5.41) is 13.5. The molecule has 0 bridgehead atoms. The standard InChI is InChI=1S/C14H21FN2O/c1-11-3-2-4-12(14(11)18)13(5-6-15)17-9-7-16-8-10-17/h2-4,13,16,18H,5-10H2,1H3/t13-/m0/s1. The molecule has 1 aromatic carbocycles. The van der Waals surface area contributed by atoms with Gasteiger partial charge in [-0.15, -0.1) is 0 Å². The monoisotopic (exact) mass is 252 g/mol. The van der Waals surface area contributed by atoms with Gasteiger partial charge in [-0.3, -0.25) is 9.29 Å². The van der Waals surface area contributed by atoms with E-state index < -0.39 is 0 Å². The van der Waals surface area contributed by atoms with Crippen molar-refractivity contribution in [3.05, 3.63) is 29.3 Å². The summed E-state index contributed by atoms with van der Waals surface area (Å²) in [7, 11) is 0. The number of para-hydroxylation sites is 1. The number of alkyl halides is 1. The van der Waals surface area contributed by atoms with Gasteiger partial charge in [0.15, 0.2) is 0 Å². The van der Waals surface area contributed by atoms with E-state index in [4.69, 9.17) is 0 Å². The second-order valence-electron chi connectivity index (χ2n) is 4.79. The van der Waals surface area contributed by atoms with Crippen LogP contribution in [0.1, 0.15) is 23.6 Å². The average molecular weight is 252 g/mol. The van der Waals surface area contributed by atoms with E-state index in [0.717, 1.165) is 37.3 Å². The summed E-state index contributed by atoms with van der Waals surface area (Å²) in [6.07, 6.45) is 0.441. The first-order valence-corrected chi connectivity index (χ1v) is 6.53. The minimum Gasteiger partial charge on any atom is -0.507 e. The Balaban J connectivity index is 2.25. The lowest BCUT2D eigenvalue weighted by molar-refractivity contribution is 0.155. The van der Waals surface area contributed by atoms with Gasteiger partial charge >= 0.3 is 0 Å². The van der Waals surface area contributed by atoms with E-state index in [2.05, 4.69) is 10.2 Å². The zero-order chi connectivity index (χ0) is 13.0. The average Bonchev–Trinajstić information content (AvgIpc) is 2.41. The van der Waals surface area contributed by atoms with Crippen LogP contribution in [0.3, 0.4) is 0 Å². The number of phenolic OH excluding ortho intramolecular Hbond substituents is 1. The molecule has 0 amide bonds. The number of benzene rings is 1. The van der Waals surface area contributed by atoms with Gasteiger partial charge in [0.25, 0.3) is 0 Å². The van der Waals surface area contributed by atoms with Crippen molar-refractivity contribution in [2.45, 2.75) is 19.4 Å². The lowest BCUT2D eigenvalue weighted by atomic mass is 9.98. The molecule has 100 valence electrons. The molecular weight excluding hydrogens is 231 g/mol. The Bertz CT molecular complexity index is 391. The van der Waals surface area contributed by atoms with E-state index in [9.17, 15) is 9.50 Å². The number of hydrogen-bond donors (Lipinski definition) is 2. The molecule has 0 unspecified atom stereocenters. The molecule has 0 aliphatic carbocycles. The Morgan fingerprint density at radius 2 is 2.11 bits per heavy atom. The molecule has 1 saturated heterocycles. The van der Waals surface area contributed by atoms with Crippen molar-refractivity contribution < 1.29 is 9.50 Å². The molecule has 0 spiro atoms. The highest BCUT2D eigenvalue weighted by Crippen LogP contribution is 2.33. The summed E-state index contributed by atoms with van der Waals surface area (Å²) >= 11 is 0. The fraction of sp³-hybridized carbons (Fsp3) is 0.571. The summed E-state index contributed by atoms with van der Waals surface area (Å²) in [4.78, 5) is 2.25. The van der Waals surface area contributed by atoms with Crippen LogP contribution < -0.4 is 5.32 Å². The molecule has 18 heavy (non-hydrogen) atoms. The van der Waals surface area contributed by atoms with Gasteiger partial charge in [-0.1, -0.05) is 18.2 Å². The van der Waals surface area contributed by atoms with Crippen LogP contribution in [0, 0.1) is 6.92 Å². The van der Waals surface area contributed by atoms with Crippen LogP contribution in [0.2, 0.25) is 0 Å². The number of rotatable bonds is 4. The van der Waals surface area contributed by atoms with Crippen molar-refractivity contribution in [2.75, 3.05) is 32.9 Å². The predicted octanol–water partition coefficient (Wildman–Crippen LogP) is 2.01. The Morgan fingerprint density at radius 3 is 2.78 bits per heavy atom. The number of halogens is 1. The van der Waals surface area contributed by atoms with Gasteiger partial charge in [-0.05, 0) is 18.9 Å². The van der Waals surface area contributed by atoms with E-state index in [0.29, 0.717) is 12.2 Å². The first kappa shape index (κ1) is 13.3. The number of nitrogens with one attached hydrogen (secondary N) is 1. The third-order valence-corrected chi connectivity index (χ3v) is 3.60. The maximum Gasteiger partial charge on any atom is 0.123 e. The molecule has 1 fully saturated rings. The van der Waals surface area contributed by atoms with Crippen LogP contribution in [0.15, 0.2) is 18.2 Å². The predicted molar refractivity (Wildman–Crippen MR) is 70.6 cm³/mol. The number of aryl methyl sites for hydroxylation is 1. The summed E-state index contributed by atoms with van der Waals surface area (Å²) < 4.78 is 12.8. The molecule has 1 aromatic rings. The maximum absolute atomic E-state index is 12.8. The van der Waals surface area contributed by atoms with Crippen LogP contribution in [0.25, 0.3) is 0 Å². The van der Waals surface area contributed by atoms with Crippen molar-refractivity contribution in [3.63, 3.8) is 0 Å². The highest BCUT2D eigenvalue weighted by molar-refractivity contribution is 5.41. The molecule has 3 nitrogen and oxygen atoms in total. The lowest BCUT2D eigenvalue weighted by Crippen LogP contribution is -2.45. The van der Waals surface area contributed by atoms with Gasteiger partial charge in [0.2, 0.25) is 0 Å². The quantitative estimate of drug-likeness (QED) is 0.860. The first-order valence-electron chi connectivity index (χ1n) is 6.53. The topological polar surface area (TPSA) is 35.5 Å². The Morgan fingerprint density at radius 1 is 1.39 bits per heavy atom. The number of phenols is 1. The van der Waals surface area contributed by atoms with Gasteiger partial charge in [-0.2, -0.15) is 0 Å². The van der Waals surface area contributed by atoms with Gasteiger partial charge in [0, 0.05) is 37.8 Å². The summed E-state index contributed by atoms with van der Waals surface area (Å²) in [6, 6.07) is 5.70. The fourth-order valence-electron chi connectivity index (χ4n) is 2.58. The molecule has 0 saturated carbocycles. The highest BCUT2D eigenvalue weighted by Gasteiger charge is 2.24. The van der Waals surface area contributed by atoms with Gasteiger partial charge < -0.3 is 10.4 Å². The summed E-state index contributed by atoms with van der Waals surface area (Å²) in [5.41, 5.74) is 1.71. The molecule has 1 aliphatic heterocycles. The van der Waals surface area contributed by atoms with Crippen LogP contribution in [0.4, 0.5) is 4.39 Å². The van der Waals surface area contributed by atoms with Crippen LogP contribution in [0.5, 0.6) is 5.75 Å². The van der Waals surface area contributed by atoms with Crippen molar-refractivity contribution in [1.82, 2.24) is 10.2 Å². The van der Waals surface area contributed by atoms with Crippen LogP contribution >= 0.6 is 0 Å². The molecule has 2 rings (SSSR count). The summed E-state index contributed by atoms with van der Waals surface area (Å²) in [6.45, 7) is 5.17. The van der Waals surface area contributed by atoms with Crippen molar-refractivity contribution >= 4 is 0 Å². The zero-order valence-electron chi connectivity index (χ0n) is 10.8. The number of piperazine rings is 1. The van der Waals surface area contributed by atoms with E-state index >= 15 is 0 Å². The molecule has 0 aromatic heterocycles. The third kappa shape index (κ3) is 2.82. The minimum absolute atomic E-state index is 0.0167. The molecule has 1 aliphatic rings. The van der Waals surface area contributed by atoms with Gasteiger partial charge in [0.1, 0.15) is 5.75 Å². The SMILES string of the molecule is Cc1cccc([C@H](CCF)N2CCNCC2)c1O. The van der Waals surface area contributed by atoms with E-state index in [1.54, 1.807) is 0 Å². The highest BCUT2D eigenvalue weighted by atomic mass is 19.1. The number of aromatic hydroxyl groups is 1. The number of hydrogen-bond acceptors (Lipinski definition) is 3. The van der Waals surface area contributed by atoms with Crippen molar-refractivity contribution in [3.8, 4) is 5.75 Å². The second-order valence-corrected chi connectivity index (χ2v) is 4.79. The smallest absolute Gasteiger partial charge is 0.123 e. The molecule has 4 heteroatoms. The minimum atomic E-state index is -0.359. The summed E-state index contributed by atoms with van der Waals surface area (Å²) in [5.74, 6) is 0.314. The number of nitrogens with zero attached hydrogens (tertiary/aromatic N) is 1. The fourth-order valence-corrected chi connectivity index (χ4v) is 2.58. The van der Waals surface area contributed by atoms with Crippen LogP contribution in [-0.2, 0) is 0 Å². The zero-order valence-corrected chi connectivity index (χ0v) is 10.8. The van der Waals surface area contributed by atoms with E-state index in [1.807, 2.05) is 25.1 Å². The molecular formula is C14H21FN2O. The molecule has 2 N–H and O–H groups in total. The third-order valence-electron chi connectivity index (χ3n) is 3.60. The van der Waals surface area contributed by atoms with Gasteiger partial charge in [-0.25, -0.2) is 0 Å². The van der Waals surface area contributed by atoms with E-state index in [-0.39, 0.29) is 12.7 Å². The second kappa shape index (κ2) is 6.16. The van der Waals surface area contributed by atoms with Crippen LogP contribution in [-0.4, -0.2) is 42.9 Å². The Kier molecular flexibility index (Phi) is 4.55. The largest absolute Gasteiger partial charge is 0.507 e. The normalized spacial score (nSPS) is 18.8. The molecule has 0 radical (unpaired) electrons. The first-order chi connectivity index (χ1) is 8.74. The maximum atomic E-state index is 12.8. The van der Waals surface area contributed by atoms with Gasteiger partial charge in [0.05, 0.1) is 6.67 Å². The molecule has 1 atom stereocenters. The Hall–Kier alpha value is -1.13. The molecule has 1 heterocycles. The Labute approximate surface area is 108 Å².